The Hall–Kier alpha value is -2.77. The molecule has 1 heterocycles. The fourth-order valence-corrected chi connectivity index (χ4v) is 4.42. The number of amides is 1. The molecular formula is C26H35N5OS. The lowest BCUT2D eigenvalue weighted by molar-refractivity contribution is -0.131. The molecule has 0 saturated heterocycles. The van der Waals surface area contributed by atoms with Gasteiger partial charge in [0.05, 0.1) is 0 Å². The summed E-state index contributed by atoms with van der Waals surface area (Å²) in [5.41, 5.74) is 2.35. The van der Waals surface area contributed by atoms with E-state index in [-0.39, 0.29) is 11.9 Å². The fourth-order valence-electron chi connectivity index (χ4n) is 3.58. The van der Waals surface area contributed by atoms with E-state index in [4.69, 9.17) is 4.98 Å². The van der Waals surface area contributed by atoms with E-state index in [0.29, 0.717) is 26.1 Å². The van der Waals surface area contributed by atoms with Crippen molar-refractivity contribution in [2.45, 2.75) is 39.3 Å². The van der Waals surface area contributed by atoms with Crippen molar-refractivity contribution >= 4 is 22.6 Å². The number of carbonyl (C=O) groups is 1. The van der Waals surface area contributed by atoms with Crippen LogP contribution in [0.25, 0.3) is 0 Å². The third kappa shape index (κ3) is 7.94. The molecule has 0 atom stereocenters. The van der Waals surface area contributed by atoms with Crippen molar-refractivity contribution in [2.24, 2.45) is 0 Å². The second kappa shape index (κ2) is 12.5. The third-order valence-corrected chi connectivity index (χ3v) is 6.28. The van der Waals surface area contributed by atoms with Crippen LogP contribution < -0.4 is 4.90 Å². The molecule has 0 spiro atoms. The Labute approximate surface area is 202 Å². The first-order chi connectivity index (χ1) is 15.9. The maximum absolute atomic E-state index is 13.2. The van der Waals surface area contributed by atoms with Crippen molar-refractivity contribution in [3.8, 4) is 0 Å². The number of anilines is 1. The van der Waals surface area contributed by atoms with E-state index in [9.17, 15) is 4.79 Å². The summed E-state index contributed by atoms with van der Waals surface area (Å²) in [5, 5.41) is 0.881. The average Bonchev–Trinajstić information content (AvgIpc) is 3.25. The number of nitrogens with zero attached hydrogens (tertiary/aromatic N) is 5. The zero-order chi connectivity index (χ0) is 23.6. The Morgan fingerprint density at radius 3 is 2.15 bits per heavy atom. The van der Waals surface area contributed by atoms with Crippen LogP contribution in [0.2, 0.25) is 0 Å². The molecule has 0 aliphatic rings. The summed E-state index contributed by atoms with van der Waals surface area (Å²) in [4.78, 5) is 24.3. The quantitative estimate of drug-likeness (QED) is 0.399. The molecule has 33 heavy (non-hydrogen) atoms. The number of rotatable bonds is 12. The van der Waals surface area contributed by atoms with E-state index < -0.39 is 0 Å². The summed E-state index contributed by atoms with van der Waals surface area (Å²) >= 11 is 1.42. The highest BCUT2D eigenvalue weighted by atomic mass is 32.1. The number of carbonyl (C=O) groups excluding carboxylic acids is 1. The van der Waals surface area contributed by atoms with Gasteiger partial charge in [-0.25, -0.2) is 4.98 Å². The molecule has 3 aromatic rings. The molecule has 3 rings (SSSR count). The van der Waals surface area contributed by atoms with E-state index >= 15 is 0 Å². The van der Waals surface area contributed by atoms with Gasteiger partial charge >= 0.3 is 0 Å². The standard InChI is InChI=1S/C26H35N5OS/c1-21(2)31(26-27-24(28-33-26)19-22-11-7-5-8-12-22)16-15-25(32)30(18-17-29(3)4)20-23-13-9-6-10-14-23/h5-14,21H,15-20H2,1-4H3. The third-order valence-electron chi connectivity index (χ3n) is 5.48. The number of hydrogen-bond acceptors (Lipinski definition) is 6. The van der Waals surface area contributed by atoms with Gasteiger partial charge in [0.2, 0.25) is 11.0 Å². The molecule has 1 amide bonds. The molecule has 0 N–H and O–H groups in total. The molecule has 176 valence electrons. The van der Waals surface area contributed by atoms with Crippen molar-refractivity contribution in [3.05, 3.63) is 77.6 Å². The SMILES string of the molecule is CC(C)N(CCC(=O)N(CCN(C)C)Cc1ccccc1)c1nc(Cc2ccccc2)ns1. The molecule has 1 aromatic heterocycles. The van der Waals surface area contributed by atoms with Crippen LogP contribution in [0.3, 0.4) is 0 Å². The number of benzene rings is 2. The van der Waals surface area contributed by atoms with Crippen molar-refractivity contribution in [3.63, 3.8) is 0 Å². The Morgan fingerprint density at radius 2 is 1.55 bits per heavy atom. The van der Waals surface area contributed by atoms with Crippen LogP contribution in [-0.4, -0.2) is 64.8 Å². The summed E-state index contributed by atoms with van der Waals surface area (Å²) in [6.45, 7) is 7.08. The predicted molar refractivity (Wildman–Crippen MR) is 137 cm³/mol. The van der Waals surface area contributed by atoms with Gasteiger partial charge in [-0.15, -0.1) is 0 Å². The molecule has 6 nitrogen and oxygen atoms in total. The lowest BCUT2D eigenvalue weighted by Gasteiger charge is -2.28. The Bertz CT molecular complexity index is 975. The monoisotopic (exact) mass is 465 g/mol. The maximum Gasteiger partial charge on any atom is 0.224 e. The molecule has 0 saturated carbocycles. The second-order valence-corrected chi connectivity index (χ2v) is 9.53. The number of aromatic nitrogens is 2. The molecule has 0 aliphatic heterocycles. The topological polar surface area (TPSA) is 52.6 Å². The highest BCUT2D eigenvalue weighted by molar-refractivity contribution is 7.09. The van der Waals surface area contributed by atoms with Crippen molar-refractivity contribution in [1.29, 1.82) is 0 Å². The fraction of sp³-hybridized carbons (Fsp3) is 0.423. The molecule has 0 aliphatic carbocycles. The Balaban J connectivity index is 1.64. The maximum atomic E-state index is 13.2. The average molecular weight is 466 g/mol. The van der Waals surface area contributed by atoms with Crippen LogP contribution in [-0.2, 0) is 17.8 Å². The number of likely N-dealkylation sites (N-methyl/N-ethyl adjacent to an activating group) is 1. The minimum Gasteiger partial charge on any atom is -0.344 e. The molecule has 0 radical (unpaired) electrons. The molecule has 2 aromatic carbocycles. The second-order valence-electron chi connectivity index (χ2n) is 8.80. The van der Waals surface area contributed by atoms with Gasteiger partial charge in [-0.05, 0) is 39.1 Å². The van der Waals surface area contributed by atoms with Crippen LogP contribution >= 0.6 is 11.5 Å². The highest BCUT2D eigenvalue weighted by Gasteiger charge is 2.20. The van der Waals surface area contributed by atoms with Crippen LogP contribution in [0.15, 0.2) is 60.7 Å². The van der Waals surface area contributed by atoms with E-state index in [1.807, 2.05) is 55.4 Å². The van der Waals surface area contributed by atoms with Crippen molar-refractivity contribution < 1.29 is 4.79 Å². The van der Waals surface area contributed by atoms with Gasteiger partial charge in [0, 0.05) is 56.6 Å². The number of hydrogen-bond donors (Lipinski definition) is 0. The molecule has 0 bridgehead atoms. The largest absolute Gasteiger partial charge is 0.344 e. The summed E-state index contributed by atoms with van der Waals surface area (Å²) in [5.74, 6) is 0.996. The van der Waals surface area contributed by atoms with Crippen molar-refractivity contribution in [1.82, 2.24) is 19.2 Å². The molecule has 0 fully saturated rings. The van der Waals surface area contributed by atoms with Crippen LogP contribution in [0.1, 0.15) is 37.2 Å². The minimum absolute atomic E-state index is 0.167. The molecule has 0 unspecified atom stereocenters. The predicted octanol–water partition coefficient (Wildman–Crippen LogP) is 4.32. The van der Waals surface area contributed by atoms with E-state index in [1.54, 1.807) is 0 Å². The van der Waals surface area contributed by atoms with Gasteiger partial charge in [0.15, 0.2) is 0 Å². The van der Waals surface area contributed by atoms with Gasteiger partial charge in [-0.1, -0.05) is 60.7 Å². The van der Waals surface area contributed by atoms with Gasteiger partial charge < -0.3 is 14.7 Å². The van der Waals surface area contributed by atoms with Crippen molar-refractivity contribution in [2.75, 3.05) is 38.6 Å². The smallest absolute Gasteiger partial charge is 0.224 e. The van der Waals surface area contributed by atoms with Gasteiger partial charge in [-0.2, -0.15) is 4.37 Å². The summed E-state index contributed by atoms with van der Waals surface area (Å²) in [6, 6.07) is 20.7. The summed E-state index contributed by atoms with van der Waals surface area (Å²) < 4.78 is 4.57. The molecular weight excluding hydrogens is 430 g/mol. The first-order valence-corrected chi connectivity index (χ1v) is 12.3. The zero-order valence-electron chi connectivity index (χ0n) is 20.1. The van der Waals surface area contributed by atoms with E-state index in [0.717, 1.165) is 29.5 Å². The summed E-state index contributed by atoms with van der Waals surface area (Å²) in [6.07, 6.45) is 1.17. The zero-order valence-corrected chi connectivity index (χ0v) is 21.0. The summed E-state index contributed by atoms with van der Waals surface area (Å²) in [7, 11) is 4.07. The minimum atomic E-state index is 0.167. The highest BCUT2D eigenvalue weighted by Crippen LogP contribution is 2.22. The normalized spacial score (nSPS) is 11.2. The van der Waals surface area contributed by atoms with Crippen LogP contribution in [0.5, 0.6) is 0 Å². The van der Waals surface area contributed by atoms with E-state index in [1.165, 1.54) is 17.1 Å². The first kappa shape index (κ1) is 24.9. The van der Waals surface area contributed by atoms with Gasteiger partial charge in [0.1, 0.15) is 5.82 Å². The Morgan fingerprint density at radius 1 is 0.909 bits per heavy atom. The lowest BCUT2D eigenvalue weighted by atomic mass is 10.1. The van der Waals surface area contributed by atoms with E-state index in [2.05, 4.69) is 52.3 Å². The van der Waals surface area contributed by atoms with Crippen LogP contribution in [0.4, 0.5) is 5.13 Å². The molecule has 7 heteroatoms. The van der Waals surface area contributed by atoms with Gasteiger partial charge in [0.25, 0.3) is 0 Å². The Kier molecular flexibility index (Phi) is 9.39. The van der Waals surface area contributed by atoms with Gasteiger partial charge in [-0.3, -0.25) is 4.79 Å². The van der Waals surface area contributed by atoms with Crippen LogP contribution in [0, 0.1) is 0 Å². The first-order valence-electron chi connectivity index (χ1n) is 11.5. The lowest BCUT2D eigenvalue weighted by Crippen LogP contribution is -2.39.